The van der Waals surface area contributed by atoms with Gasteiger partial charge in [0.25, 0.3) is 0 Å². The van der Waals surface area contributed by atoms with Crippen molar-refractivity contribution in [1.82, 2.24) is 0 Å². The Morgan fingerprint density at radius 2 is 2.11 bits per heavy atom. The summed E-state index contributed by atoms with van der Waals surface area (Å²) in [6, 6.07) is 0. The van der Waals surface area contributed by atoms with E-state index < -0.39 is 12.1 Å². The van der Waals surface area contributed by atoms with Gasteiger partial charge >= 0.3 is 5.97 Å². The average molecular weight is 384 g/mol. The van der Waals surface area contributed by atoms with Crippen molar-refractivity contribution in [3.63, 3.8) is 0 Å². The molecule has 0 spiro atoms. The van der Waals surface area contributed by atoms with Crippen molar-refractivity contribution in [1.29, 1.82) is 0 Å². The zero-order chi connectivity index (χ0) is 19.6. The highest BCUT2D eigenvalue weighted by Gasteiger charge is 2.44. The van der Waals surface area contributed by atoms with Crippen LogP contribution in [0.5, 0.6) is 0 Å². The van der Waals surface area contributed by atoms with Gasteiger partial charge in [-0.15, -0.1) is 0 Å². The number of hydrogen-bond acceptors (Lipinski definition) is 5. The molecule has 6 heteroatoms. The van der Waals surface area contributed by atoms with Gasteiger partial charge in [0.2, 0.25) is 0 Å². The summed E-state index contributed by atoms with van der Waals surface area (Å²) in [5.41, 5.74) is 0. The van der Waals surface area contributed by atoms with Gasteiger partial charge in [-0.1, -0.05) is 12.2 Å². The molecule has 2 fully saturated rings. The minimum absolute atomic E-state index is 0.0885. The highest BCUT2D eigenvalue weighted by atomic mass is 19.1. The molecule has 27 heavy (non-hydrogen) atoms. The van der Waals surface area contributed by atoms with Crippen LogP contribution in [0.15, 0.2) is 12.2 Å². The van der Waals surface area contributed by atoms with Crippen LogP contribution in [0.25, 0.3) is 0 Å². The fraction of sp³-hybridized carbons (Fsp3) is 0.810. The van der Waals surface area contributed by atoms with E-state index >= 15 is 0 Å². The minimum Gasteiger partial charge on any atom is -0.463 e. The van der Waals surface area contributed by atoms with Crippen LogP contribution >= 0.6 is 0 Å². The molecule has 0 radical (unpaired) electrons. The van der Waals surface area contributed by atoms with Gasteiger partial charge < -0.3 is 19.0 Å². The highest BCUT2D eigenvalue weighted by Crippen LogP contribution is 2.39. The van der Waals surface area contributed by atoms with Crippen molar-refractivity contribution >= 4 is 12.3 Å². The first-order valence-corrected chi connectivity index (χ1v) is 10.2. The van der Waals surface area contributed by atoms with E-state index in [0.29, 0.717) is 25.9 Å². The molecule has 0 bridgehead atoms. The summed E-state index contributed by atoms with van der Waals surface area (Å²) in [6.07, 6.45) is 8.51. The van der Waals surface area contributed by atoms with Gasteiger partial charge in [0.05, 0.1) is 18.1 Å². The van der Waals surface area contributed by atoms with E-state index in [-0.39, 0.29) is 36.8 Å². The van der Waals surface area contributed by atoms with Gasteiger partial charge in [-0.05, 0) is 52.4 Å². The molecule has 1 saturated carbocycles. The van der Waals surface area contributed by atoms with Gasteiger partial charge in [-0.2, -0.15) is 0 Å². The van der Waals surface area contributed by atoms with Crippen molar-refractivity contribution in [3.8, 4) is 0 Å². The van der Waals surface area contributed by atoms with Crippen LogP contribution in [-0.2, 0) is 23.8 Å². The summed E-state index contributed by atoms with van der Waals surface area (Å²) in [6.45, 7) is 4.34. The topological polar surface area (TPSA) is 61.8 Å². The third kappa shape index (κ3) is 7.34. The largest absolute Gasteiger partial charge is 0.463 e. The van der Waals surface area contributed by atoms with Gasteiger partial charge in [-0.25, -0.2) is 4.39 Å². The molecule has 5 atom stereocenters. The number of alkyl halides is 1. The molecule has 1 unspecified atom stereocenters. The van der Waals surface area contributed by atoms with Gasteiger partial charge in [-0.3, -0.25) is 4.79 Å². The second-order valence-corrected chi connectivity index (χ2v) is 7.74. The van der Waals surface area contributed by atoms with Crippen molar-refractivity contribution in [2.75, 3.05) is 6.61 Å². The number of hydrogen-bond donors (Lipinski definition) is 0. The van der Waals surface area contributed by atoms with Crippen LogP contribution in [-0.4, -0.2) is 43.5 Å². The second kappa shape index (κ2) is 11.5. The fourth-order valence-corrected chi connectivity index (χ4v) is 3.79. The highest BCUT2D eigenvalue weighted by molar-refractivity contribution is 5.69. The maximum atomic E-state index is 14.2. The lowest BCUT2D eigenvalue weighted by atomic mass is 9.91. The first-order chi connectivity index (χ1) is 13.0. The monoisotopic (exact) mass is 384 g/mol. The molecule has 5 nitrogen and oxygen atoms in total. The summed E-state index contributed by atoms with van der Waals surface area (Å²) in [7, 11) is 0. The molecule has 0 aromatic heterocycles. The zero-order valence-electron chi connectivity index (χ0n) is 16.5. The van der Waals surface area contributed by atoms with Crippen molar-refractivity contribution in [2.45, 2.75) is 89.9 Å². The molecular formula is C21H33FO5. The lowest BCUT2D eigenvalue weighted by Crippen LogP contribution is -2.31. The van der Waals surface area contributed by atoms with E-state index in [1.807, 2.05) is 26.0 Å². The van der Waals surface area contributed by atoms with E-state index in [9.17, 15) is 14.0 Å². The lowest BCUT2D eigenvalue weighted by Gasteiger charge is -2.29. The van der Waals surface area contributed by atoms with E-state index in [2.05, 4.69) is 0 Å². The predicted octanol–water partition coefficient (Wildman–Crippen LogP) is 4.14. The summed E-state index contributed by atoms with van der Waals surface area (Å²) >= 11 is 0. The Hall–Kier alpha value is -1.27. The Morgan fingerprint density at radius 3 is 2.78 bits per heavy atom. The van der Waals surface area contributed by atoms with Crippen LogP contribution in [0.4, 0.5) is 4.39 Å². The standard InChI is InChI=1S/C21H33FO5/c1-15(2)26-20(24)10-6-4-3-5-9-16-17(14-23)18(22)13-19(16)27-21-11-7-8-12-25-21/h3,5,14-19,21H,4,6-13H2,1-2H3/t16-,17-,18+,19-,21?/m1/s1. The Balaban J connectivity index is 1.77. The lowest BCUT2D eigenvalue weighted by molar-refractivity contribution is -0.195. The van der Waals surface area contributed by atoms with E-state index in [1.54, 1.807) is 0 Å². The SMILES string of the molecule is CC(C)OC(=O)CCCC=CC[C@@H]1[C@@H](C=O)[C@@H](F)C[C@H]1OC1CCCCO1. The van der Waals surface area contributed by atoms with Crippen LogP contribution in [0.2, 0.25) is 0 Å². The van der Waals surface area contributed by atoms with Gasteiger partial charge in [0.15, 0.2) is 6.29 Å². The Bertz CT molecular complexity index is 487. The normalized spacial score (nSPS) is 31.5. The predicted molar refractivity (Wildman–Crippen MR) is 99.9 cm³/mol. The van der Waals surface area contributed by atoms with Crippen LogP contribution < -0.4 is 0 Å². The Labute approximate surface area is 161 Å². The first-order valence-electron chi connectivity index (χ1n) is 10.2. The Kier molecular flexibility index (Phi) is 9.42. The van der Waals surface area contributed by atoms with Crippen LogP contribution in [0.3, 0.4) is 0 Å². The van der Waals surface area contributed by atoms with E-state index in [4.69, 9.17) is 14.2 Å². The zero-order valence-corrected chi connectivity index (χ0v) is 16.5. The molecule has 154 valence electrons. The maximum absolute atomic E-state index is 14.2. The number of allylic oxidation sites excluding steroid dienone is 2. The second-order valence-electron chi connectivity index (χ2n) is 7.74. The first kappa shape index (κ1) is 22.0. The van der Waals surface area contributed by atoms with Gasteiger partial charge in [0.1, 0.15) is 12.5 Å². The third-order valence-electron chi connectivity index (χ3n) is 5.16. The quantitative estimate of drug-likeness (QED) is 0.245. The molecule has 2 aliphatic rings. The van der Waals surface area contributed by atoms with E-state index in [1.165, 1.54) is 0 Å². The molecule has 1 aliphatic heterocycles. The summed E-state index contributed by atoms with van der Waals surface area (Å²) in [5.74, 6) is -0.967. The maximum Gasteiger partial charge on any atom is 0.306 e. The minimum atomic E-state index is -1.15. The number of esters is 1. The molecule has 0 aromatic rings. The number of halogens is 1. The number of unbranched alkanes of at least 4 members (excludes halogenated alkanes) is 1. The Morgan fingerprint density at radius 1 is 1.30 bits per heavy atom. The van der Waals surface area contributed by atoms with E-state index in [0.717, 1.165) is 32.0 Å². The summed E-state index contributed by atoms with van der Waals surface area (Å²) < 4.78 is 30.9. The average Bonchev–Trinajstić information content (AvgIpc) is 2.92. The molecule has 1 heterocycles. The van der Waals surface area contributed by atoms with Crippen molar-refractivity contribution < 1.29 is 28.2 Å². The molecule has 0 N–H and O–H groups in total. The number of ether oxygens (including phenoxy) is 3. The number of carbonyl (C=O) groups is 2. The van der Waals surface area contributed by atoms with Crippen LogP contribution in [0, 0.1) is 11.8 Å². The smallest absolute Gasteiger partial charge is 0.306 e. The number of rotatable bonds is 10. The third-order valence-corrected chi connectivity index (χ3v) is 5.16. The van der Waals surface area contributed by atoms with Crippen LogP contribution in [0.1, 0.15) is 65.2 Å². The number of carbonyl (C=O) groups excluding carboxylic acids is 2. The fourth-order valence-electron chi connectivity index (χ4n) is 3.79. The summed E-state index contributed by atoms with van der Waals surface area (Å²) in [5, 5.41) is 0. The molecule has 0 aromatic carbocycles. The molecule has 1 saturated heterocycles. The van der Waals surface area contributed by atoms with Crippen molar-refractivity contribution in [2.24, 2.45) is 11.8 Å². The molecule has 0 amide bonds. The molecular weight excluding hydrogens is 351 g/mol. The molecule has 1 aliphatic carbocycles. The number of aldehydes is 1. The van der Waals surface area contributed by atoms with Crippen molar-refractivity contribution in [3.05, 3.63) is 12.2 Å². The van der Waals surface area contributed by atoms with Gasteiger partial charge in [0, 0.05) is 25.4 Å². The molecule has 2 rings (SSSR count). The summed E-state index contributed by atoms with van der Waals surface area (Å²) in [4.78, 5) is 22.9.